The van der Waals surface area contributed by atoms with E-state index in [4.69, 9.17) is 4.98 Å². The van der Waals surface area contributed by atoms with Crippen LogP contribution in [0.4, 0.5) is 0 Å². The molecule has 1 saturated carbocycles. The fourth-order valence-electron chi connectivity index (χ4n) is 4.05. The Morgan fingerprint density at radius 3 is 2.62 bits per heavy atom. The monoisotopic (exact) mass is 411 g/mol. The molecule has 2 heterocycles. The van der Waals surface area contributed by atoms with Crippen molar-refractivity contribution in [2.45, 2.75) is 58.4 Å². The van der Waals surface area contributed by atoms with E-state index in [-0.39, 0.29) is 17.7 Å². The highest BCUT2D eigenvalue weighted by Gasteiger charge is 2.28. The summed E-state index contributed by atoms with van der Waals surface area (Å²) < 4.78 is 0. The predicted octanol–water partition coefficient (Wildman–Crippen LogP) is 4.20. The molecule has 0 atom stereocenters. The zero-order chi connectivity index (χ0) is 20.4. The van der Waals surface area contributed by atoms with E-state index < -0.39 is 0 Å². The molecular formula is C23H29N3O2S. The average Bonchev–Trinajstić information content (AvgIpc) is 3.15. The molecule has 1 saturated heterocycles. The van der Waals surface area contributed by atoms with Crippen LogP contribution in [-0.2, 0) is 11.3 Å². The Morgan fingerprint density at radius 2 is 1.93 bits per heavy atom. The van der Waals surface area contributed by atoms with E-state index in [1.807, 2.05) is 36.9 Å². The van der Waals surface area contributed by atoms with Gasteiger partial charge in [-0.15, -0.1) is 11.3 Å². The van der Waals surface area contributed by atoms with E-state index in [1.165, 1.54) is 6.42 Å². The lowest BCUT2D eigenvalue weighted by atomic mass is 9.85. The Hall–Kier alpha value is -2.21. The molecule has 154 valence electrons. The van der Waals surface area contributed by atoms with Crippen LogP contribution in [0.3, 0.4) is 0 Å². The number of hydrogen-bond donors (Lipinski definition) is 1. The van der Waals surface area contributed by atoms with Gasteiger partial charge in [-0.25, -0.2) is 4.98 Å². The van der Waals surface area contributed by atoms with E-state index in [0.29, 0.717) is 12.5 Å². The normalized spacial score (nSPS) is 17.8. The number of nitrogens with one attached hydrogen (secondary N) is 1. The van der Waals surface area contributed by atoms with Crippen molar-refractivity contribution in [1.82, 2.24) is 15.2 Å². The average molecular weight is 412 g/mol. The van der Waals surface area contributed by atoms with Gasteiger partial charge in [0, 0.05) is 35.9 Å². The molecule has 0 unspecified atom stereocenters. The number of thiazole rings is 1. The largest absolute Gasteiger partial charge is 0.350 e. The van der Waals surface area contributed by atoms with Crippen molar-refractivity contribution in [2.24, 2.45) is 5.92 Å². The molecule has 1 aliphatic carbocycles. The zero-order valence-corrected chi connectivity index (χ0v) is 18.1. The maximum absolute atomic E-state index is 12.9. The van der Waals surface area contributed by atoms with Gasteiger partial charge in [0.05, 0.1) is 17.2 Å². The van der Waals surface area contributed by atoms with Gasteiger partial charge >= 0.3 is 0 Å². The van der Waals surface area contributed by atoms with Gasteiger partial charge in [-0.3, -0.25) is 9.59 Å². The van der Waals surface area contributed by atoms with Crippen molar-refractivity contribution in [2.75, 3.05) is 13.1 Å². The molecule has 0 spiro atoms. The molecule has 2 amide bonds. The second-order valence-electron chi connectivity index (χ2n) is 8.41. The first-order valence-corrected chi connectivity index (χ1v) is 11.5. The summed E-state index contributed by atoms with van der Waals surface area (Å²) in [4.78, 5) is 31.7. The first kappa shape index (κ1) is 20.1. The van der Waals surface area contributed by atoms with Crippen molar-refractivity contribution < 1.29 is 9.59 Å². The number of carbonyl (C=O) groups is 2. The molecule has 29 heavy (non-hydrogen) atoms. The van der Waals surface area contributed by atoms with Crippen LogP contribution in [0.5, 0.6) is 0 Å². The molecule has 2 fully saturated rings. The molecular weight excluding hydrogens is 382 g/mol. The summed E-state index contributed by atoms with van der Waals surface area (Å²) in [6.45, 7) is 6.08. The van der Waals surface area contributed by atoms with Gasteiger partial charge in [-0.1, -0.05) is 24.1 Å². The van der Waals surface area contributed by atoms with Crippen LogP contribution >= 0.6 is 11.3 Å². The SMILES string of the molecule is Cc1ccc(C)c(C(=O)N2CCC(c3nc(CNC(=O)C4CCC4)cs3)CC2)c1. The van der Waals surface area contributed by atoms with Crippen LogP contribution < -0.4 is 5.32 Å². The van der Waals surface area contributed by atoms with Crippen molar-refractivity contribution in [1.29, 1.82) is 0 Å². The third kappa shape index (κ3) is 4.53. The fraction of sp³-hybridized carbons (Fsp3) is 0.522. The lowest BCUT2D eigenvalue weighted by molar-refractivity contribution is -0.127. The quantitative estimate of drug-likeness (QED) is 0.802. The Kier molecular flexibility index (Phi) is 5.99. The number of carbonyl (C=O) groups excluding carboxylic acids is 2. The highest BCUT2D eigenvalue weighted by molar-refractivity contribution is 7.09. The number of nitrogens with zero attached hydrogens (tertiary/aromatic N) is 2. The number of amides is 2. The minimum Gasteiger partial charge on any atom is -0.350 e. The standard InChI is InChI=1S/C23H29N3O2S/c1-15-6-7-16(2)20(12-15)23(28)26-10-8-18(9-11-26)22-25-19(14-29-22)13-24-21(27)17-4-3-5-17/h6-7,12,14,17-18H,3-5,8-11,13H2,1-2H3,(H,24,27). The van der Waals surface area contributed by atoms with E-state index in [9.17, 15) is 9.59 Å². The predicted molar refractivity (Wildman–Crippen MR) is 115 cm³/mol. The molecule has 6 heteroatoms. The summed E-state index contributed by atoms with van der Waals surface area (Å²) in [5, 5.41) is 6.21. The van der Waals surface area contributed by atoms with Gasteiger partial charge in [-0.05, 0) is 51.2 Å². The molecule has 1 aliphatic heterocycles. The van der Waals surface area contributed by atoms with E-state index in [2.05, 4.69) is 10.7 Å². The number of piperidine rings is 1. The van der Waals surface area contributed by atoms with Crippen LogP contribution in [0.1, 0.15) is 70.2 Å². The van der Waals surface area contributed by atoms with E-state index in [0.717, 1.165) is 66.2 Å². The van der Waals surface area contributed by atoms with Gasteiger partial charge < -0.3 is 10.2 Å². The van der Waals surface area contributed by atoms with Crippen molar-refractivity contribution in [3.05, 3.63) is 51.0 Å². The Labute approximate surface area is 176 Å². The number of likely N-dealkylation sites (tertiary alicyclic amines) is 1. The summed E-state index contributed by atoms with van der Waals surface area (Å²) in [5.41, 5.74) is 3.93. The fourth-order valence-corrected chi connectivity index (χ4v) is 5.04. The summed E-state index contributed by atoms with van der Waals surface area (Å²) >= 11 is 1.68. The maximum Gasteiger partial charge on any atom is 0.254 e. The van der Waals surface area contributed by atoms with Crippen molar-refractivity contribution in [3.63, 3.8) is 0 Å². The molecule has 2 aromatic rings. The molecule has 1 N–H and O–H groups in total. The van der Waals surface area contributed by atoms with E-state index in [1.54, 1.807) is 11.3 Å². The molecule has 5 nitrogen and oxygen atoms in total. The molecule has 1 aromatic heterocycles. The van der Waals surface area contributed by atoms with Crippen LogP contribution in [0.15, 0.2) is 23.6 Å². The molecule has 1 aromatic carbocycles. The minimum absolute atomic E-state index is 0.142. The number of benzene rings is 1. The molecule has 4 rings (SSSR count). The highest BCUT2D eigenvalue weighted by atomic mass is 32.1. The smallest absolute Gasteiger partial charge is 0.254 e. The first-order valence-electron chi connectivity index (χ1n) is 10.6. The Balaban J connectivity index is 1.30. The van der Waals surface area contributed by atoms with E-state index >= 15 is 0 Å². The summed E-state index contributed by atoms with van der Waals surface area (Å²) in [6.07, 6.45) is 5.10. The topological polar surface area (TPSA) is 62.3 Å². The number of aryl methyl sites for hydroxylation is 2. The van der Waals surface area contributed by atoms with Crippen LogP contribution in [0.25, 0.3) is 0 Å². The van der Waals surface area contributed by atoms with Crippen LogP contribution in [0, 0.1) is 19.8 Å². The Bertz CT molecular complexity index is 895. The summed E-state index contributed by atoms with van der Waals surface area (Å²) in [6, 6.07) is 6.07. The van der Waals surface area contributed by atoms with Gasteiger partial charge in [-0.2, -0.15) is 0 Å². The number of hydrogen-bond acceptors (Lipinski definition) is 4. The van der Waals surface area contributed by atoms with Crippen LogP contribution in [0.2, 0.25) is 0 Å². The van der Waals surface area contributed by atoms with Gasteiger partial charge in [0.15, 0.2) is 0 Å². The summed E-state index contributed by atoms with van der Waals surface area (Å²) in [5.74, 6) is 0.929. The zero-order valence-electron chi connectivity index (χ0n) is 17.2. The second kappa shape index (κ2) is 8.66. The van der Waals surface area contributed by atoms with Crippen molar-refractivity contribution >= 4 is 23.2 Å². The first-order chi connectivity index (χ1) is 14.0. The highest BCUT2D eigenvalue weighted by Crippen LogP contribution is 2.31. The maximum atomic E-state index is 12.9. The van der Waals surface area contributed by atoms with Gasteiger partial charge in [0.2, 0.25) is 5.91 Å². The lowest BCUT2D eigenvalue weighted by Crippen LogP contribution is -2.38. The molecule has 0 radical (unpaired) electrons. The number of aromatic nitrogens is 1. The second-order valence-corrected chi connectivity index (χ2v) is 9.30. The molecule has 2 aliphatic rings. The molecule has 0 bridgehead atoms. The van der Waals surface area contributed by atoms with Crippen LogP contribution in [-0.4, -0.2) is 34.8 Å². The van der Waals surface area contributed by atoms with Crippen molar-refractivity contribution in [3.8, 4) is 0 Å². The van der Waals surface area contributed by atoms with Gasteiger partial charge in [0.1, 0.15) is 0 Å². The Morgan fingerprint density at radius 1 is 1.17 bits per heavy atom. The van der Waals surface area contributed by atoms with Gasteiger partial charge in [0.25, 0.3) is 5.91 Å². The lowest BCUT2D eigenvalue weighted by Gasteiger charge is -2.31. The third-order valence-corrected chi connectivity index (χ3v) is 7.30. The third-order valence-electron chi connectivity index (χ3n) is 6.24. The minimum atomic E-state index is 0.142. The number of rotatable bonds is 5. The summed E-state index contributed by atoms with van der Waals surface area (Å²) in [7, 11) is 0.